The quantitative estimate of drug-likeness (QED) is 0.809. The van der Waals surface area contributed by atoms with Crippen LogP contribution in [0.3, 0.4) is 0 Å². The Morgan fingerprint density at radius 1 is 1.27 bits per heavy atom. The van der Waals surface area contributed by atoms with Crippen molar-refractivity contribution in [2.75, 3.05) is 6.61 Å². The molecule has 0 radical (unpaired) electrons. The molecule has 2 aromatic heterocycles. The van der Waals surface area contributed by atoms with E-state index in [1.807, 2.05) is 18.2 Å². The summed E-state index contributed by atoms with van der Waals surface area (Å²) in [6.45, 7) is 6.89. The molecule has 0 saturated carbocycles. The van der Waals surface area contributed by atoms with Crippen molar-refractivity contribution in [2.24, 2.45) is 5.41 Å². The molecule has 0 unspecified atom stereocenters. The minimum absolute atomic E-state index is 0.118. The van der Waals surface area contributed by atoms with Gasteiger partial charge in [-0.15, -0.1) is 11.3 Å². The summed E-state index contributed by atoms with van der Waals surface area (Å²) in [7, 11) is 0. The summed E-state index contributed by atoms with van der Waals surface area (Å²) in [5, 5.41) is 0.659. The van der Waals surface area contributed by atoms with Crippen LogP contribution >= 0.6 is 11.3 Å². The number of esters is 1. The van der Waals surface area contributed by atoms with Gasteiger partial charge in [-0.3, -0.25) is 9.78 Å². The maximum Gasteiger partial charge on any atom is 0.350 e. The fourth-order valence-corrected chi connectivity index (χ4v) is 2.53. The lowest BCUT2D eigenvalue weighted by atomic mass is 9.91. The predicted octanol–water partition coefficient (Wildman–Crippen LogP) is 3.29. The largest absolute Gasteiger partial charge is 0.453 e. The van der Waals surface area contributed by atoms with Crippen LogP contribution in [0.2, 0.25) is 0 Å². The van der Waals surface area contributed by atoms with E-state index in [1.54, 1.807) is 33.9 Å². The van der Waals surface area contributed by atoms with Gasteiger partial charge in [0.1, 0.15) is 9.88 Å². The lowest BCUT2D eigenvalue weighted by molar-refractivity contribution is -0.129. The van der Waals surface area contributed by atoms with Crippen LogP contribution in [0.25, 0.3) is 10.7 Å². The number of aromatic nitrogens is 2. The van der Waals surface area contributed by atoms with E-state index in [0.717, 1.165) is 0 Å². The average Bonchev–Trinajstić information content (AvgIpc) is 2.86. The Bertz CT molecular complexity index is 687. The Morgan fingerprint density at radius 2 is 2.00 bits per heavy atom. The van der Waals surface area contributed by atoms with Crippen LogP contribution in [-0.2, 0) is 9.53 Å². The summed E-state index contributed by atoms with van der Waals surface area (Å²) in [5.74, 6) is -0.636. The summed E-state index contributed by atoms with van der Waals surface area (Å²) in [4.78, 5) is 32.9. The van der Waals surface area contributed by atoms with Crippen molar-refractivity contribution in [3.05, 3.63) is 35.0 Å². The Morgan fingerprint density at radius 3 is 2.59 bits per heavy atom. The number of thiazole rings is 1. The molecule has 0 amide bonds. The summed E-state index contributed by atoms with van der Waals surface area (Å²) in [5.41, 5.74) is 0.765. The van der Waals surface area contributed by atoms with Gasteiger partial charge >= 0.3 is 5.97 Å². The van der Waals surface area contributed by atoms with Crippen LogP contribution in [-0.4, -0.2) is 28.3 Å². The standard InChI is InChI=1S/C16H18N2O3S/c1-10-13(15(20)21-9-12(19)16(2,3)4)22-14(18-10)11-7-5-6-8-17-11/h5-8H,9H2,1-4H3. The first-order valence-corrected chi connectivity index (χ1v) is 7.70. The number of aryl methyl sites for hydroxylation is 1. The Balaban J connectivity index is 2.11. The highest BCUT2D eigenvalue weighted by atomic mass is 32.1. The van der Waals surface area contributed by atoms with Gasteiger partial charge < -0.3 is 4.74 Å². The number of pyridine rings is 1. The first-order valence-electron chi connectivity index (χ1n) is 6.88. The van der Waals surface area contributed by atoms with Crippen molar-refractivity contribution >= 4 is 23.1 Å². The van der Waals surface area contributed by atoms with Gasteiger partial charge in [-0.25, -0.2) is 9.78 Å². The molecule has 2 aromatic rings. The first kappa shape index (κ1) is 16.3. The van der Waals surface area contributed by atoms with Crippen molar-refractivity contribution in [2.45, 2.75) is 27.7 Å². The molecule has 0 spiro atoms. The zero-order chi connectivity index (χ0) is 16.3. The second-order valence-corrected chi connectivity index (χ2v) is 6.90. The summed E-state index contributed by atoms with van der Waals surface area (Å²) in [6.07, 6.45) is 1.67. The molecule has 0 aromatic carbocycles. The molecule has 0 saturated heterocycles. The Labute approximate surface area is 133 Å². The van der Waals surface area contributed by atoms with Crippen LogP contribution in [0.5, 0.6) is 0 Å². The van der Waals surface area contributed by atoms with E-state index in [1.165, 1.54) is 11.3 Å². The fraction of sp³-hybridized carbons (Fsp3) is 0.375. The van der Waals surface area contributed by atoms with Gasteiger partial charge in [-0.05, 0) is 19.1 Å². The van der Waals surface area contributed by atoms with Gasteiger partial charge in [0.25, 0.3) is 0 Å². The third-order valence-electron chi connectivity index (χ3n) is 3.04. The zero-order valence-corrected chi connectivity index (χ0v) is 13.9. The summed E-state index contributed by atoms with van der Waals surface area (Å²) < 4.78 is 5.11. The number of hydrogen-bond donors (Lipinski definition) is 0. The smallest absolute Gasteiger partial charge is 0.350 e. The number of carbonyl (C=O) groups excluding carboxylic acids is 2. The molecule has 0 bridgehead atoms. The SMILES string of the molecule is Cc1nc(-c2ccccn2)sc1C(=O)OCC(=O)C(C)(C)C. The molecule has 116 valence electrons. The minimum Gasteiger partial charge on any atom is -0.453 e. The van der Waals surface area contributed by atoms with E-state index < -0.39 is 11.4 Å². The molecule has 0 aliphatic carbocycles. The van der Waals surface area contributed by atoms with Crippen LogP contribution in [0.4, 0.5) is 0 Å². The number of ether oxygens (including phenoxy) is 1. The molecular weight excluding hydrogens is 300 g/mol. The monoisotopic (exact) mass is 318 g/mol. The lowest BCUT2D eigenvalue weighted by Crippen LogP contribution is -2.26. The van der Waals surface area contributed by atoms with Crippen molar-refractivity contribution in [1.29, 1.82) is 0 Å². The van der Waals surface area contributed by atoms with Crippen molar-refractivity contribution in [3.63, 3.8) is 0 Å². The Hall–Kier alpha value is -2.08. The minimum atomic E-state index is -0.526. The summed E-state index contributed by atoms with van der Waals surface area (Å²) >= 11 is 1.22. The molecule has 0 N–H and O–H groups in total. The van der Waals surface area contributed by atoms with Crippen molar-refractivity contribution in [1.82, 2.24) is 9.97 Å². The molecule has 0 aliphatic rings. The second kappa shape index (κ2) is 6.36. The number of rotatable bonds is 4. The number of hydrogen-bond acceptors (Lipinski definition) is 6. The number of ketones is 1. The maximum atomic E-state index is 12.1. The zero-order valence-electron chi connectivity index (χ0n) is 13.0. The molecule has 0 fully saturated rings. The summed E-state index contributed by atoms with van der Waals surface area (Å²) in [6, 6.07) is 5.51. The molecule has 0 aliphatic heterocycles. The van der Waals surface area contributed by atoms with Crippen LogP contribution in [0.1, 0.15) is 36.1 Å². The number of carbonyl (C=O) groups is 2. The molecule has 2 rings (SSSR count). The molecule has 22 heavy (non-hydrogen) atoms. The third kappa shape index (κ3) is 3.76. The van der Waals surface area contributed by atoms with E-state index in [2.05, 4.69) is 9.97 Å². The van der Waals surface area contributed by atoms with E-state index >= 15 is 0 Å². The highest BCUT2D eigenvalue weighted by Crippen LogP contribution is 2.27. The third-order valence-corrected chi connectivity index (χ3v) is 4.20. The first-order chi connectivity index (χ1) is 10.3. The maximum absolute atomic E-state index is 12.1. The van der Waals surface area contributed by atoms with Gasteiger partial charge in [-0.1, -0.05) is 26.8 Å². The number of Topliss-reactive ketones (excluding diaryl/α,β-unsaturated/α-hetero) is 1. The van der Waals surface area contributed by atoms with E-state index in [0.29, 0.717) is 21.3 Å². The predicted molar refractivity (Wildman–Crippen MR) is 84.8 cm³/mol. The lowest BCUT2D eigenvalue weighted by Gasteiger charge is -2.15. The molecule has 6 heteroatoms. The van der Waals surface area contributed by atoms with Crippen molar-refractivity contribution < 1.29 is 14.3 Å². The molecular formula is C16H18N2O3S. The van der Waals surface area contributed by atoms with Gasteiger partial charge in [-0.2, -0.15) is 0 Å². The molecule has 0 atom stereocenters. The molecule has 5 nitrogen and oxygen atoms in total. The average molecular weight is 318 g/mol. The fourth-order valence-electron chi connectivity index (χ4n) is 1.60. The van der Waals surface area contributed by atoms with Gasteiger partial charge in [0, 0.05) is 11.6 Å². The van der Waals surface area contributed by atoms with Gasteiger partial charge in [0.05, 0.1) is 11.4 Å². The second-order valence-electron chi connectivity index (χ2n) is 5.90. The normalized spacial score (nSPS) is 11.3. The Kier molecular flexibility index (Phi) is 4.71. The number of nitrogens with zero attached hydrogens (tertiary/aromatic N) is 2. The van der Waals surface area contributed by atoms with E-state index in [-0.39, 0.29) is 12.4 Å². The topological polar surface area (TPSA) is 69.2 Å². The van der Waals surface area contributed by atoms with Crippen LogP contribution in [0, 0.1) is 12.3 Å². The molecule has 2 heterocycles. The van der Waals surface area contributed by atoms with Crippen molar-refractivity contribution in [3.8, 4) is 10.7 Å². The van der Waals surface area contributed by atoms with Crippen LogP contribution < -0.4 is 0 Å². The van der Waals surface area contributed by atoms with E-state index in [9.17, 15) is 9.59 Å². The van der Waals surface area contributed by atoms with E-state index in [4.69, 9.17) is 4.74 Å². The highest BCUT2D eigenvalue weighted by Gasteiger charge is 2.24. The van der Waals surface area contributed by atoms with Gasteiger partial charge in [0.2, 0.25) is 0 Å². The highest BCUT2D eigenvalue weighted by molar-refractivity contribution is 7.17. The van der Waals surface area contributed by atoms with Gasteiger partial charge in [0.15, 0.2) is 12.4 Å². The van der Waals surface area contributed by atoms with Crippen LogP contribution in [0.15, 0.2) is 24.4 Å².